The maximum atomic E-state index is 12.1. The van der Waals surface area contributed by atoms with E-state index >= 15 is 0 Å². The number of carbonyl (C=O) groups is 1. The molecule has 0 fully saturated rings. The number of nitro benzene ring substituents is 1. The van der Waals surface area contributed by atoms with Gasteiger partial charge in [-0.05, 0) is 19.1 Å². The quantitative estimate of drug-likeness (QED) is 0.364. The summed E-state index contributed by atoms with van der Waals surface area (Å²) in [5, 5.41) is 24.2. The summed E-state index contributed by atoms with van der Waals surface area (Å²) in [6.45, 7) is 1.51. The number of rotatable bonds is 9. The summed E-state index contributed by atoms with van der Waals surface area (Å²) in [7, 11) is 5.07. The van der Waals surface area contributed by atoms with Crippen LogP contribution in [0.5, 0.6) is 5.88 Å². The van der Waals surface area contributed by atoms with Gasteiger partial charge in [-0.2, -0.15) is 10.4 Å². The Morgan fingerprint density at radius 2 is 2.16 bits per heavy atom. The van der Waals surface area contributed by atoms with Crippen LogP contribution in [0.4, 0.5) is 11.4 Å². The number of ether oxygens (including phenoxy) is 2. The van der Waals surface area contributed by atoms with Crippen molar-refractivity contribution < 1.29 is 19.2 Å². The molecule has 11 heteroatoms. The highest BCUT2D eigenvalue weighted by Crippen LogP contribution is 2.23. The second kappa shape index (κ2) is 10.7. The number of carbonyl (C=O) groups excluding carboxylic acids is 1. The number of nitrogens with one attached hydrogen (secondary N) is 1. The summed E-state index contributed by atoms with van der Waals surface area (Å²) in [6, 6.07) is 8.05. The van der Waals surface area contributed by atoms with Gasteiger partial charge in [0.25, 0.3) is 11.6 Å². The number of methoxy groups -OCH3 is 1. The van der Waals surface area contributed by atoms with Crippen LogP contribution in [0.25, 0.3) is 0 Å². The van der Waals surface area contributed by atoms with Crippen molar-refractivity contribution in [3.05, 3.63) is 56.8 Å². The number of hydrazone groups is 1. The molecule has 1 heterocycles. The molecule has 2 rings (SSSR count). The van der Waals surface area contributed by atoms with Crippen LogP contribution in [0.1, 0.15) is 22.4 Å². The van der Waals surface area contributed by atoms with Crippen molar-refractivity contribution in [1.29, 1.82) is 5.26 Å². The maximum Gasteiger partial charge on any atom is 0.278 e. The van der Waals surface area contributed by atoms with E-state index in [0.717, 1.165) is 0 Å². The SMILES string of the molecule is COCc1cc(C)nc(OCC(=O)N/N=C\c2cc([N+](=O)[O-])ccc2N(C)C)c1C#N. The van der Waals surface area contributed by atoms with Gasteiger partial charge in [0, 0.05) is 55.8 Å². The lowest BCUT2D eigenvalue weighted by Crippen LogP contribution is -2.25. The van der Waals surface area contributed by atoms with Gasteiger partial charge in [0.15, 0.2) is 6.61 Å². The Morgan fingerprint density at radius 3 is 2.77 bits per heavy atom. The largest absolute Gasteiger partial charge is 0.467 e. The lowest BCUT2D eigenvalue weighted by molar-refractivity contribution is -0.384. The molecule has 162 valence electrons. The van der Waals surface area contributed by atoms with E-state index < -0.39 is 17.4 Å². The second-order valence-corrected chi connectivity index (χ2v) is 6.62. The maximum absolute atomic E-state index is 12.1. The fraction of sp³-hybridized carbons (Fsp3) is 0.300. The van der Waals surface area contributed by atoms with E-state index in [1.807, 2.05) is 6.07 Å². The van der Waals surface area contributed by atoms with Gasteiger partial charge in [-0.15, -0.1) is 0 Å². The van der Waals surface area contributed by atoms with Gasteiger partial charge in [-0.25, -0.2) is 10.4 Å². The third-order valence-corrected chi connectivity index (χ3v) is 4.04. The van der Waals surface area contributed by atoms with Crippen LogP contribution in [-0.4, -0.2) is 49.8 Å². The number of nitriles is 1. The molecule has 1 amide bonds. The molecule has 11 nitrogen and oxygen atoms in total. The average Bonchev–Trinajstić information content (AvgIpc) is 2.72. The number of amides is 1. The zero-order valence-corrected chi connectivity index (χ0v) is 17.6. The van der Waals surface area contributed by atoms with Crippen LogP contribution in [0, 0.1) is 28.4 Å². The summed E-state index contributed by atoms with van der Waals surface area (Å²) in [6.07, 6.45) is 1.31. The minimum Gasteiger partial charge on any atom is -0.467 e. The van der Waals surface area contributed by atoms with Crippen molar-refractivity contribution >= 4 is 23.5 Å². The molecule has 0 aliphatic carbocycles. The van der Waals surface area contributed by atoms with Gasteiger partial charge in [-0.3, -0.25) is 14.9 Å². The number of non-ortho nitro benzene ring substituents is 1. The average molecular weight is 426 g/mol. The molecule has 0 radical (unpaired) electrons. The summed E-state index contributed by atoms with van der Waals surface area (Å²) < 4.78 is 10.5. The number of aryl methyl sites for hydroxylation is 1. The predicted octanol–water partition coefficient (Wildman–Crippen LogP) is 1.91. The Hall–Kier alpha value is -4.04. The van der Waals surface area contributed by atoms with Gasteiger partial charge in [0.2, 0.25) is 5.88 Å². The number of anilines is 1. The van der Waals surface area contributed by atoms with Gasteiger partial charge in [0.05, 0.1) is 17.7 Å². The third kappa shape index (κ3) is 6.22. The molecule has 0 aliphatic rings. The Labute approximate surface area is 179 Å². The molecule has 31 heavy (non-hydrogen) atoms. The fourth-order valence-corrected chi connectivity index (χ4v) is 2.71. The van der Waals surface area contributed by atoms with Crippen molar-refractivity contribution in [3.8, 4) is 11.9 Å². The van der Waals surface area contributed by atoms with E-state index in [1.54, 1.807) is 38.1 Å². The summed E-state index contributed by atoms with van der Waals surface area (Å²) >= 11 is 0. The van der Waals surface area contributed by atoms with E-state index in [1.165, 1.54) is 25.5 Å². The first-order valence-electron chi connectivity index (χ1n) is 9.06. The highest BCUT2D eigenvalue weighted by atomic mass is 16.6. The highest BCUT2D eigenvalue weighted by Gasteiger charge is 2.14. The Balaban J connectivity index is 2.09. The van der Waals surface area contributed by atoms with E-state index in [0.29, 0.717) is 22.5 Å². The Bertz CT molecular complexity index is 1050. The van der Waals surface area contributed by atoms with E-state index in [2.05, 4.69) is 15.5 Å². The molecule has 0 spiro atoms. The van der Waals surface area contributed by atoms with Crippen molar-refractivity contribution in [2.75, 3.05) is 32.7 Å². The standard InChI is InChI=1S/C20H22N6O5/c1-13-7-15(11-30-4)17(9-21)20(23-13)31-12-19(27)24-22-10-14-8-16(26(28)29)5-6-18(14)25(2)3/h5-8,10H,11-12H2,1-4H3,(H,24,27)/b22-10-. The number of hydrogen-bond donors (Lipinski definition) is 1. The number of aromatic nitrogens is 1. The molecule has 0 atom stereocenters. The van der Waals surface area contributed by atoms with Crippen molar-refractivity contribution in [2.45, 2.75) is 13.5 Å². The lowest BCUT2D eigenvalue weighted by Gasteiger charge is -2.14. The Kier molecular flexibility index (Phi) is 7.99. The van der Waals surface area contributed by atoms with Crippen molar-refractivity contribution in [2.24, 2.45) is 5.10 Å². The molecule has 1 N–H and O–H groups in total. The first-order chi connectivity index (χ1) is 14.8. The molecule has 0 aliphatic heterocycles. The zero-order valence-electron chi connectivity index (χ0n) is 17.6. The normalized spacial score (nSPS) is 10.5. The predicted molar refractivity (Wildman–Crippen MR) is 113 cm³/mol. The molecule has 0 unspecified atom stereocenters. The molecule has 1 aromatic carbocycles. The molecular weight excluding hydrogens is 404 g/mol. The van der Waals surface area contributed by atoms with Crippen LogP contribution in [-0.2, 0) is 16.1 Å². The third-order valence-electron chi connectivity index (χ3n) is 4.04. The summed E-state index contributed by atoms with van der Waals surface area (Å²) in [5.41, 5.74) is 4.75. The summed E-state index contributed by atoms with van der Waals surface area (Å²) in [4.78, 5) is 28.5. The second-order valence-electron chi connectivity index (χ2n) is 6.62. The first-order valence-corrected chi connectivity index (χ1v) is 9.06. The fourth-order valence-electron chi connectivity index (χ4n) is 2.71. The van der Waals surface area contributed by atoms with Crippen LogP contribution < -0.4 is 15.1 Å². The topological polar surface area (TPSA) is 143 Å². The zero-order chi connectivity index (χ0) is 23.0. The van der Waals surface area contributed by atoms with Crippen LogP contribution >= 0.6 is 0 Å². The highest BCUT2D eigenvalue weighted by molar-refractivity contribution is 5.90. The Morgan fingerprint density at radius 1 is 1.42 bits per heavy atom. The van der Waals surface area contributed by atoms with Crippen LogP contribution in [0.15, 0.2) is 29.4 Å². The van der Waals surface area contributed by atoms with E-state index in [4.69, 9.17) is 9.47 Å². The van der Waals surface area contributed by atoms with Crippen molar-refractivity contribution in [3.63, 3.8) is 0 Å². The van der Waals surface area contributed by atoms with E-state index in [-0.39, 0.29) is 23.7 Å². The minimum atomic E-state index is -0.589. The van der Waals surface area contributed by atoms with Gasteiger partial charge in [0.1, 0.15) is 11.6 Å². The first kappa shape index (κ1) is 23.2. The van der Waals surface area contributed by atoms with Gasteiger partial charge >= 0.3 is 0 Å². The number of benzene rings is 1. The molecular formula is C20H22N6O5. The summed E-state index contributed by atoms with van der Waals surface area (Å²) in [5.74, 6) is -0.559. The van der Waals surface area contributed by atoms with Gasteiger partial charge in [-0.1, -0.05) is 0 Å². The number of nitrogens with zero attached hydrogens (tertiary/aromatic N) is 5. The number of nitro groups is 1. The molecule has 0 saturated heterocycles. The monoisotopic (exact) mass is 426 g/mol. The minimum absolute atomic E-state index is 0.0299. The smallest absolute Gasteiger partial charge is 0.278 e. The van der Waals surface area contributed by atoms with Crippen LogP contribution in [0.2, 0.25) is 0 Å². The molecule has 0 bridgehead atoms. The molecule has 1 aromatic heterocycles. The number of hydrogen-bond acceptors (Lipinski definition) is 9. The number of pyridine rings is 1. The van der Waals surface area contributed by atoms with Crippen molar-refractivity contribution in [1.82, 2.24) is 10.4 Å². The van der Waals surface area contributed by atoms with E-state index in [9.17, 15) is 20.2 Å². The van der Waals surface area contributed by atoms with Crippen LogP contribution in [0.3, 0.4) is 0 Å². The molecule has 2 aromatic rings. The van der Waals surface area contributed by atoms with Gasteiger partial charge < -0.3 is 14.4 Å². The molecule has 0 saturated carbocycles. The lowest BCUT2D eigenvalue weighted by atomic mass is 10.1.